The summed E-state index contributed by atoms with van der Waals surface area (Å²) < 4.78 is 34.6. The summed E-state index contributed by atoms with van der Waals surface area (Å²) in [5.74, 6) is -2.28. The van der Waals surface area contributed by atoms with Crippen LogP contribution in [0, 0.1) is 5.41 Å². The number of halogens is 1. The van der Waals surface area contributed by atoms with E-state index >= 15 is 0 Å². The van der Waals surface area contributed by atoms with Gasteiger partial charge in [0, 0.05) is 44.7 Å². The molecule has 12 nitrogen and oxygen atoms in total. The van der Waals surface area contributed by atoms with Crippen LogP contribution in [-0.2, 0) is 16.8 Å². The van der Waals surface area contributed by atoms with E-state index in [0.29, 0.717) is 17.7 Å². The number of carbonyl (C=O) groups is 2. The minimum atomic E-state index is -3.62. The Bertz CT molecular complexity index is 1540. The summed E-state index contributed by atoms with van der Waals surface area (Å²) in [7, 11) is -0.701. The zero-order valence-electron chi connectivity index (χ0n) is 21.2. The SMILES string of the molecule is CN(C)S(=O)(=O)N1CCC(c2cc(OCc3ccc(C(=N)N)cc3)n(C(=O)c3cccc(C(=O)O)c3Cl)n2)C1. The van der Waals surface area contributed by atoms with E-state index in [1.165, 1.54) is 36.6 Å². The molecule has 1 aliphatic heterocycles. The third-order valence-corrected chi connectivity index (χ3v) is 8.67. The second kappa shape index (κ2) is 11.1. The van der Waals surface area contributed by atoms with Crippen LogP contribution in [-0.4, -0.2) is 76.8 Å². The molecule has 39 heavy (non-hydrogen) atoms. The van der Waals surface area contributed by atoms with Gasteiger partial charge in [-0.2, -0.15) is 26.8 Å². The molecule has 14 heteroatoms. The van der Waals surface area contributed by atoms with Crippen LogP contribution in [0.5, 0.6) is 5.88 Å². The van der Waals surface area contributed by atoms with Gasteiger partial charge in [0.25, 0.3) is 16.1 Å². The molecule has 1 saturated heterocycles. The summed E-state index contributed by atoms with van der Waals surface area (Å²) in [6.45, 7) is 0.509. The standard InChI is InChI=1S/C25H27ClN6O6S/c1-30(2)39(36,37)31-11-10-17(13-31)20-12-21(38-14-15-6-8-16(9-7-15)23(27)28)32(29-20)24(33)18-4-3-5-19(22(18)26)25(34)35/h3-9,12,17H,10-11,13-14H2,1-2H3,(H3,27,28)(H,34,35). The summed E-state index contributed by atoms with van der Waals surface area (Å²) in [5.41, 5.74) is 6.93. The molecule has 4 rings (SSSR count). The summed E-state index contributed by atoms with van der Waals surface area (Å²) in [6.07, 6.45) is 0.486. The number of nitrogens with one attached hydrogen (secondary N) is 1. The molecule has 0 aliphatic carbocycles. The molecule has 1 fully saturated rings. The first kappa shape index (κ1) is 28.2. The molecule has 2 aromatic carbocycles. The van der Waals surface area contributed by atoms with Gasteiger partial charge in [0.1, 0.15) is 12.4 Å². The number of nitrogens with two attached hydrogens (primary N) is 1. The number of aromatic carboxylic acids is 1. The van der Waals surface area contributed by atoms with Crippen molar-refractivity contribution in [1.29, 1.82) is 5.41 Å². The van der Waals surface area contributed by atoms with Crippen molar-refractivity contribution in [3.8, 4) is 5.88 Å². The minimum absolute atomic E-state index is 0.0469. The van der Waals surface area contributed by atoms with Gasteiger partial charge in [0.15, 0.2) is 0 Å². The van der Waals surface area contributed by atoms with E-state index in [0.717, 1.165) is 14.6 Å². The first-order chi connectivity index (χ1) is 18.4. The lowest BCUT2D eigenvalue weighted by molar-refractivity contribution is 0.0697. The average Bonchev–Trinajstić information content (AvgIpc) is 3.55. The number of amidine groups is 1. The van der Waals surface area contributed by atoms with E-state index in [2.05, 4.69) is 5.10 Å². The van der Waals surface area contributed by atoms with Crippen molar-refractivity contribution < 1.29 is 27.9 Å². The highest BCUT2D eigenvalue weighted by Crippen LogP contribution is 2.32. The smallest absolute Gasteiger partial charge is 0.337 e. The van der Waals surface area contributed by atoms with Gasteiger partial charge in [0.05, 0.1) is 21.8 Å². The number of carboxylic acid groups (broad SMARTS) is 1. The Morgan fingerprint density at radius 1 is 1.21 bits per heavy atom. The van der Waals surface area contributed by atoms with Gasteiger partial charge < -0.3 is 15.6 Å². The van der Waals surface area contributed by atoms with Crippen molar-refractivity contribution in [2.45, 2.75) is 18.9 Å². The third-order valence-electron chi connectivity index (χ3n) is 6.36. The van der Waals surface area contributed by atoms with Crippen LogP contribution in [0.1, 0.15) is 49.9 Å². The Morgan fingerprint density at radius 2 is 1.87 bits per heavy atom. The van der Waals surface area contributed by atoms with Gasteiger partial charge in [-0.3, -0.25) is 10.2 Å². The highest BCUT2D eigenvalue weighted by molar-refractivity contribution is 7.86. The van der Waals surface area contributed by atoms with Crippen LogP contribution in [0.2, 0.25) is 5.02 Å². The number of carboxylic acids is 1. The van der Waals surface area contributed by atoms with E-state index in [4.69, 9.17) is 27.5 Å². The number of nitrogen functional groups attached to an aromatic ring is 1. The predicted molar refractivity (Wildman–Crippen MR) is 144 cm³/mol. The van der Waals surface area contributed by atoms with Crippen molar-refractivity contribution in [1.82, 2.24) is 18.4 Å². The maximum absolute atomic E-state index is 13.5. The van der Waals surface area contributed by atoms with Gasteiger partial charge in [-0.15, -0.1) is 0 Å². The molecule has 0 radical (unpaired) electrons. The van der Waals surface area contributed by atoms with Crippen molar-refractivity contribution in [3.05, 3.63) is 81.5 Å². The molecule has 1 atom stereocenters. The van der Waals surface area contributed by atoms with Crippen LogP contribution in [0.3, 0.4) is 0 Å². The number of ether oxygens (including phenoxy) is 1. The fourth-order valence-electron chi connectivity index (χ4n) is 4.15. The van der Waals surface area contributed by atoms with E-state index in [1.807, 2.05) is 0 Å². The average molecular weight is 575 g/mol. The molecule has 3 aromatic rings. The Kier molecular flexibility index (Phi) is 8.07. The van der Waals surface area contributed by atoms with Crippen molar-refractivity contribution >= 4 is 39.5 Å². The summed E-state index contributed by atoms with van der Waals surface area (Å²) in [6, 6.07) is 12.5. The number of nitrogens with zero attached hydrogens (tertiary/aromatic N) is 4. The highest BCUT2D eigenvalue weighted by atomic mass is 35.5. The van der Waals surface area contributed by atoms with Crippen LogP contribution in [0.15, 0.2) is 48.5 Å². The topological polar surface area (TPSA) is 172 Å². The monoisotopic (exact) mass is 574 g/mol. The minimum Gasteiger partial charge on any atom is -0.478 e. The first-order valence-electron chi connectivity index (χ1n) is 11.8. The maximum Gasteiger partial charge on any atom is 0.337 e. The van der Waals surface area contributed by atoms with E-state index < -0.39 is 22.1 Å². The maximum atomic E-state index is 13.5. The molecule has 206 valence electrons. The molecular formula is C25H27ClN6O6S. The molecule has 4 N–H and O–H groups in total. The highest BCUT2D eigenvalue weighted by Gasteiger charge is 2.35. The molecule has 0 bridgehead atoms. The van der Waals surface area contributed by atoms with Crippen LogP contribution < -0.4 is 10.5 Å². The molecule has 1 unspecified atom stereocenters. The van der Waals surface area contributed by atoms with Gasteiger partial charge >= 0.3 is 5.97 Å². The van der Waals surface area contributed by atoms with Gasteiger partial charge in [-0.05, 0) is 24.1 Å². The molecule has 1 aromatic heterocycles. The van der Waals surface area contributed by atoms with E-state index in [-0.39, 0.29) is 53.5 Å². The summed E-state index contributed by atoms with van der Waals surface area (Å²) in [4.78, 5) is 25.1. The zero-order chi connectivity index (χ0) is 28.5. The van der Waals surface area contributed by atoms with Crippen molar-refractivity contribution in [2.24, 2.45) is 5.73 Å². The lowest BCUT2D eigenvalue weighted by Gasteiger charge is -2.20. The third kappa shape index (κ3) is 5.81. The molecule has 0 amide bonds. The largest absolute Gasteiger partial charge is 0.478 e. The second-order valence-corrected chi connectivity index (χ2v) is 11.7. The zero-order valence-corrected chi connectivity index (χ0v) is 22.7. The second-order valence-electron chi connectivity index (χ2n) is 9.13. The number of hydrogen-bond acceptors (Lipinski definition) is 7. The van der Waals surface area contributed by atoms with Crippen LogP contribution in [0.4, 0.5) is 0 Å². The van der Waals surface area contributed by atoms with Crippen molar-refractivity contribution in [2.75, 3.05) is 27.2 Å². The van der Waals surface area contributed by atoms with Gasteiger partial charge in [-0.25, -0.2) is 4.79 Å². The van der Waals surface area contributed by atoms with Crippen LogP contribution in [0.25, 0.3) is 0 Å². The molecule has 0 spiro atoms. The van der Waals surface area contributed by atoms with Crippen LogP contribution >= 0.6 is 11.6 Å². The molecular weight excluding hydrogens is 548 g/mol. The normalized spacial score (nSPS) is 15.9. The summed E-state index contributed by atoms with van der Waals surface area (Å²) >= 11 is 6.26. The number of aromatic nitrogens is 2. The van der Waals surface area contributed by atoms with Crippen molar-refractivity contribution in [3.63, 3.8) is 0 Å². The number of carbonyl (C=O) groups excluding carboxylic acids is 1. The fraction of sp³-hybridized carbons (Fsp3) is 0.280. The summed E-state index contributed by atoms with van der Waals surface area (Å²) in [5, 5.41) is 21.2. The Balaban J connectivity index is 1.67. The number of rotatable bonds is 9. The molecule has 0 saturated carbocycles. The van der Waals surface area contributed by atoms with Gasteiger partial charge in [0.2, 0.25) is 5.88 Å². The van der Waals surface area contributed by atoms with E-state index in [1.54, 1.807) is 30.3 Å². The quantitative estimate of drug-likeness (QED) is 0.258. The Morgan fingerprint density at radius 3 is 2.49 bits per heavy atom. The number of hydrogen-bond donors (Lipinski definition) is 3. The van der Waals surface area contributed by atoms with Gasteiger partial charge in [-0.1, -0.05) is 41.9 Å². The predicted octanol–water partition coefficient (Wildman–Crippen LogP) is 2.38. The Labute approximate surface area is 230 Å². The lowest BCUT2D eigenvalue weighted by atomic mass is 10.1. The number of benzene rings is 2. The fourth-order valence-corrected chi connectivity index (χ4v) is 5.61. The van der Waals surface area contributed by atoms with E-state index in [9.17, 15) is 23.1 Å². The first-order valence-corrected chi connectivity index (χ1v) is 13.6. The Hall–Kier alpha value is -3.78. The lowest BCUT2D eigenvalue weighted by Crippen LogP contribution is -2.38. The molecule has 2 heterocycles. The molecule has 1 aliphatic rings.